The molecule has 0 spiro atoms. The van der Waals surface area contributed by atoms with Crippen LogP contribution in [0.25, 0.3) is 0 Å². The van der Waals surface area contributed by atoms with Crippen molar-refractivity contribution in [2.24, 2.45) is 0 Å². The van der Waals surface area contributed by atoms with Gasteiger partial charge in [0.05, 0.1) is 11.7 Å². The number of methoxy groups -OCH3 is 1. The van der Waals surface area contributed by atoms with E-state index in [2.05, 4.69) is 11.8 Å². The fraction of sp³-hybridized carbons (Fsp3) is 0.833. The zero-order chi connectivity index (χ0) is 10.4. The highest BCUT2D eigenvalue weighted by Gasteiger charge is 2.32. The Bertz CT molecular complexity index is 216. The van der Waals surface area contributed by atoms with Gasteiger partial charge in [-0.2, -0.15) is 0 Å². The smallest absolute Gasteiger partial charge is 0.0658 e. The molecule has 0 radical (unpaired) electrons. The Balaban J connectivity index is 2.32. The molecular formula is C12H20O2. The molecule has 1 rings (SSSR count). The summed E-state index contributed by atoms with van der Waals surface area (Å²) in [6, 6.07) is 0. The predicted molar refractivity (Wildman–Crippen MR) is 56.9 cm³/mol. The van der Waals surface area contributed by atoms with Crippen molar-refractivity contribution in [1.82, 2.24) is 0 Å². The first kappa shape index (κ1) is 11.6. The van der Waals surface area contributed by atoms with Gasteiger partial charge in [-0.15, -0.1) is 11.8 Å². The molecule has 1 fully saturated rings. The molecule has 0 aromatic carbocycles. The van der Waals surface area contributed by atoms with Crippen molar-refractivity contribution in [2.45, 2.75) is 57.2 Å². The Morgan fingerprint density at radius 2 is 2.07 bits per heavy atom. The first-order valence-corrected chi connectivity index (χ1v) is 5.35. The van der Waals surface area contributed by atoms with Crippen LogP contribution in [0.4, 0.5) is 0 Å². The highest BCUT2D eigenvalue weighted by atomic mass is 16.5. The molecule has 0 bridgehead atoms. The van der Waals surface area contributed by atoms with E-state index in [9.17, 15) is 5.11 Å². The van der Waals surface area contributed by atoms with Crippen LogP contribution in [0.1, 0.15) is 45.4 Å². The molecule has 80 valence electrons. The standard InChI is InChI=1S/C12H20O2/c1-3-4-5-8-12(13)9-6-11(14-2)7-10-12/h11,13H,5-10H2,1-2H3. The molecule has 0 amide bonds. The van der Waals surface area contributed by atoms with E-state index in [1.165, 1.54) is 0 Å². The molecule has 0 aliphatic heterocycles. The van der Waals surface area contributed by atoms with Crippen LogP contribution in [0.3, 0.4) is 0 Å². The lowest BCUT2D eigenvalue weighted by Crippen LogP contribution is -2.36. The Morgan fingerprint density at radius 3 is 2.57 bits per heavy atom. The van der Waals surface area contributed by atoms with E-state index in [0.29, 0.717) is 6.10 Å². The van der Waals surface area contributed by atoms with Gasteiger partial charge >= 0.3 is 0 Å². The molecule has 0 heterocycles. The van der Waals surface area contributed by atoms with E-state index in [1.54, 1.807) is 7.11 Å². The second kappa shape index (κ2) is 5.38. The lowest BCUT2D eigenvalue weighted by molar-refractivity contribution is -0.0471. The third-order valence-electron chi connectivity index (χ3n) is 3.09. The van der Waals surface area contributed by atoms with Crippen LogP contribution in [0.2, 0.25) is 0 Å². The number of ether oxygens (including phenoxy) is 1. The number of aliphatic hydroxyl groups is 1. The lowest BCUT2D eigenvalue weighted by Gasteiger charge is -2.35. The predicted octanol–water partition coefficient (Wildman–Crippen LogP) is 2.11. The summed E-state index contributed by atoms with van der Waals surface area (Å²) in [5.74, 6) is 5.86. The molecule has 2 nitrogen and oxygen atoms in total. The Kier molecular flexibility index (Phi) is 4.44. The SMILES string of the molecule is CC#CCCC1(O)CCC(OC)CC1. The molecular weight excluding hydrogens is 176 g/mol. The minimum Gasteiger partial charge on any atom is -0.390 e. The molecule has 14 heavy (non-hydrogen) atoms. The van der Waals surface area contributed by atoms with Gasteiger partial charge in [-0.25, -0.2) is 0 Å². The first-order valence-electron chi connectivity index (χ1n) is 5.35. The minimum atomic E-state index is -0.473. The molecule has 1 aliphatic carbocycles. The van der Waals surface area contributed by atoms with E-state index in [4.69, 9.17) is 4.74 Å². The summed E-state index contributed by atoms with van der Waals surface area (Å²) in [7, 11) is 1.75. The molecule has 0 aromatic rings. The molecule has 0 atom stereocenters. The summed E-state index contributed by atoms with van der Waals surface area (Å²) in [6.07, 6.45) is 5.65. The van der Waals surface area contributed by atoms with Gasteiger partial charge in [-0.3, -0.25) is 0 Å². The Labute approximate surface area is 86.7 Å². The first-order chi connectivity index (χ1) is 6.70. The maximum atomic E-state index is 10.2. The zero-order valence-electron chi connectivity index (χ0n) is 9.18. The summed E-state index contributed by atoms with van der Waals surface area (Å²) in [4.78, 5) is 0. The molecule has 2 heteroatoms. The quantitative estimate of drug-likeness (QED) is 0.700. The number of hydrogen-bond acceptors (Lipinski definition) is 2. The van der Waals surface area contributed by atoms with Gasteiger partial charge in [0.15, 0.2) is 0 Å². The molecule has 1 saturated carbocycles. The third kappa shape index (κ3) is 3.32. The normalized spacial score (nSPS) is 32.1. The van der Waals surface area contributed by atoms with Gasteiger partial charge in [-0.1, -0.05) is 0 Å². The van der Waals surface area contributed by atoms with Crippen molar-refractivity contribution in [3.63, 3.8) is 0 Å². The van der Waals surface area contributed by atoms with Crippen LogP contribution in [-0.2, 0) is 4.74 Å². The monoisotopic (exact) mass is 196 g/mol. The molecule has 0 saturated heterocycles. The molecule has 1 N–H and O–H groups in total. The van der Waals surface area contributed by atoms with Crippen molar-refractivity contribution < 1.29 is 9.84 Å². The van der Waals surface area contributed by atoms with Gasteiger partial charge in [0.2, 0.25) is 0 Å². The minimum absolute atomic E-state index is 0.354. The fourth-order valence-corrected chi connectivity index (χ4v) is 2.03. The van der Waals surface area contributed by atoms with Crippen molar-refractivity contribution in [2.75, 3.05) is 7.11 Å². The van der Waals surface area contributed by atoms with Crippen molar-refractivity contribution in [3.05, 3.63) is 0 Å². The summed E-state index contributed by atoms with van der Waals surface area (Å²) in [5, 5.41) is 10.2. The molecule has 0 unspecified atom stereocenters. The Morgan fingerprint density at radius 1 is 1.43 bits per heavy atom. The van der Waals surface area contributed by atoms with Crippen molar-refractivity contribution in [1.29, 1.82) is 0 Å². The number of rotatable bonds is 3. The summed E-state index contributed by atoms with van der Waals surface area (Å²) >= 11 is 0. The fourth-order valence-electron chi connectivity index (χ4n) is 2.03. The molecule has 1 aliphatic rings. The molecule has 0 aromatic heterocycles. The highest BCUT2D eigenvalue weighted by Crippen LogP contribution is 2.32. The summed E-state index contributed by atoms with van der Waals surface area (Å²) < 4.78 is 5.27. The van der Waals surface area contributed by atoms with E-state index in [-0.39, 0.29) is 0 Å². The van der Waals surface area contributed by atoms with Crippen molar-refractivity contribution in [3.8, 4) is 11.8 Å². The number of hydrogen-bond donors (Lipinski definition) is 1. The van der Waals surface area contributed by atoms with Gasteiger partial charge in [0, 0.05) is 13.5 Å². The van der Waals surface area contributed by atoms with E-state index >= 15 is 0 Å². The van der Waals surface area contributed by atoms with Crippen LogP contribution in [0.5, 0.6) is 0 Å². The van der Waals surface area contributed by atoms with E-state index < -0.39 is 5.60 Å². The largest absolute Gasteiger partial charge is 0.390 e. The summed E-state index contributed by atoms with van der Waals surface area (Å²) in [5.41, 5.74) is -0.473. The third-order valence-corrected chi connectivity index (χ3v) is 3.09. The second-order valence-corrected chi connectivity index (χ2v) is 4.09. The van der Waals surface area contributed by atoms with Crippen LogP contribution in [0.15, 0.2) is 0 Å². The lowest BCUT2D eigenvalue weighted by atomic mass is 9.80. The Hall–Kier alpha value is -0.520. The topological polar surface area (TPSA) is 29.5 Å². The highest BCUT2D eigenvalue weighted by molar-refractivity contribution is 4.97. The van der Waals surface area contributed by atoms with E-state index in [0.717, 1.165) is 38.5 Å². The van der Waals surface area contributed by atoms with Crippen LogP contribution in [-0.4, -0.2) is 23.9 Å². The van der Waals surface area contributed by atoms with Crippen LogP contribution >= 0.6 is 0 Å². The van der Waals surface area contributed by atoms with Gasteiger partial charge in [-0.05, 0) is 39.0 Å². The van der Waals surface area contributed by atoms with E-state index in [1.807, 2.05) is 6.92 Å². The zero-order valence-corrected chi connectivity index (χ0v) is 9.18. The average Bonchev–Trinajstić information content (AvgIpc) is 2.19. The maximum Gasteiger partial charge on any atom is 0.0658 e. The second-order valence-electron chi connectivity index (χ2n) is 4.09. The van der Waals surface area contributed by atoms with Crippen LogP contribution < -0.4 is 0 Å². The van der Waals surface area contributed by atoms with Crippen LogP contribution in [0, 0.1) is 11.8 Å². The maximum absolute atomic E-state index is 10.2. The average molecular weight is 196 g/mol. The van der Waals surface area contributed by atoms with Crippen molar-refractivity contribution >= 4 is 0 Å². The van der Waals surface area contributed by atoms with Gasteiger partial charge in [0.25, 0.3) is 0 Å². The van der Waals surface area contributed by atoms with Gasteiger partial charge < -0.3 is 9.84 Å². The van der Waals surface area contributed by atoms with Gasteiger partial charge in [0.1, 0.15) is 0 Å². The summed E-state index contributed by atoms with van der Waals surface area (Å²) in [6.45, 7) is 1.84.